The van der Waals surface area contributed by atoms with Crippen molar-refractivity contribution in [2.45, 2.75) is 31.3 Å². The molecule has 5 aromatic rings. The number of hydrogen-bond donors (Lipinski definition) is 0. The summed E-state index contributed by atoms with van der Waals surface area (Å²) in [6.45, 7) is 1.19. The van der Waals surface area contributed by atoms with Gasteiger partial charge in [0.1, 0.15) is 28.8 Å². The molecule has 1 aliphatic heterocycles. The minimum absolute atomic E-state index is 0.0847. The molecular formula is C34H20Cl2F8N6O8. The largest absolute Gasteiger partial charge is 0.450 e. The Bertz CT molecular complexity index is 2830. The molecule has 0 aliphatic carbocycles. The molecule has 1 aliphatic rings. The van der Waals surface area contributed by atoms with E-state index >= 15 is 8.78 Å². The molecule has 0 fully saturated rings. The zero-order valence-corrected chi connectivity index (χ0v) is 30.6. The van der Waals surface area contributed by atoms with Crippen molar-refractivity contribution >= 4 is 34.9 Å². The van der Waals surface area contributed by atoms with Gasteiger partial charge in [0.15, 0.2) is 5.75 Å². The number of pyridine rings is 1. The molecule has 2 aromatic carbocycles. The summed E-state index contributed by atoms with van der Waals surface area (Å²) in [7, 11) is 1.44. The summed E-state index contributed by atoms with van der Waals surface area (Å²) >= 11 is 12.4. The minimum Gasteiger partial charge on any atom is -0.450 e. The lowest BCUT2D eigenvalue weighted by molar-refractivity contribution is -0.157. The van der Waals surface area contributed by atoms with E-state index in [9.17, 15) is 50.3 Å². The van der Waals surface area contributed by atoms with E-state index < -0.39 is 104 Å². The zero-order chi connectivity index (χ0) is 42.8. The number of rotatable bonds is 7. The third kappa shape index (κ3) is 7.46. The van der Waals surface area contributed by atoms with E-state index in [0.29, 0.717) is 19.2 Å². The predicted octanol–water partition coefficient (Wildman–Crippen LogP) is 5.68. The second-order valence-corrected chi connectivity index (χ2v) is 13.3. The summed E-state index contributed by atoms with van der Waals surface area (Å²) < 4.78 is 122. The number of nitrogens with zero attached hydrogens (tertiary/aromatic N) is 6. The lowest BCUT2D eigenvalue weighted by atomic mass is 9.95. The van der Waals surface area contributed by atoms with Crippen LogP contribution in [-0.2, 0) is 36.1 Å². The van der Waals surface area contributed by atoms with E-state index in [4.69, 9.17) is 37.5 Å². The van der Waals surface area contributed by atoms with E-state index in [1.165, 1.54) is 19.1 Å². The Hall–Kier alpha value is -6.29. The van der Waals surface area contributed by atoms with Crippen molar-refractivity contribution in [2.75, 3.05) is 0 Å². The van der Waals surface area contributed by atoms with Crippen molar-refractivity contribution in [1.82, 2.24) is 23.3 Å². The summed E-state index contributed by atoms with van der Waals surface area (Å²) in [4.78, 5) is 73.7. The van der Waals surface area contributed by atoms with Gasteiger partial charge in [-0.15, -0.1) is 0 Å². The second kappa shape index (κ2) is 14.6. The van der Waals surface area contributed by atoms with Crippen LogP contribution >= 0.6 is 23.2 Å². The highest BCUT2D eigenvalue weighted by molar-refractivity contribution is 6.34. The molecule has 3 aromatic heterocycles. The molecule has 0 amide bonds. The Kier molecular flexibility index (Phi) is 10.4. The monoisotopic (exact) mass is 862 g/mol. The first-order valence-corrected chi connectivity index (χ1v) is 16.6. The Morgan fingerprint density at radius 3 is 1.84 bits per heavy atom. The van der Waals surface area contributed by atoms with Crippen LogP contribution in [0.25, 0.3) is 11.4 Å². The maximum atomic E-state index is 15.1. The Morgan fingerprint density at radius 2 is 1.31 bits per heavy atom. The van der Waals surface area contributed by atoms with Crippen LogP contribution in [0.3, 0.4) is 0 Å². The van der Waals surface area contributed by atoms with Crippen LogP contribution in [0, 0.1) is 11.6 Å². The number of aromatic nitrogens is 5. The third-order valence-electron chi connectivity index (χ3n) is 8.49. The maximum absolute atomic E-state index is 15.1. The maximum Gasteiger partial charge on any atom is 0.431 e. The average molecular weight is 863 g/mol. The molecule has 6 rings (SSSR count). The standard InChI is InChI=1S/C34H20Cl2F8N6O8/c1-32(13-19(46-58-32)14-7-20(17(37)8-15(14)35)49-26(51)11-24(33(39,40)41)47(2)30(49)54)29(53)57-28-22(5-4-6-45-28)56-23-10-21(18(38)9-16(23)36)50-27(52)12-25(34(42,43)44)48(3)31(50)55/h4-12H,13H2,1-3H3. The molecule has 1 atom stereocenters. The molecule has 4 heterocycles. The number of carbonyl (C=O) groups is 1. The van der Waals surface area contributed by atoms with Gasteiger partial charge in [0, 0.05) is 50.5 Å². The van der Waals surface area contributed by atoms with Crippen LogP contribution in [-0.4, -0.2) is 40.5 Å². The third-order valence-corrected chi connectivity index (χ3v) is 9.10. The van der Waals surface area contributed by atoms with Crippen molar-refractivity contribution in [3.63, 3.8) is 0 Å². The molecule has 0 radical (unpaired) electrons. The molecule has 14 nitrogen and oxygen atoms in total. The van der Waals surface area contributed by atoms with E-state index in [-0.39, 0.29) is 52.4 Å². The van der Waals surface area contributed by atoms with E-state index in [1.807, 2.05) is 0 Å². The first-order chi connectivity index (χ1) is 26.9. The van der Waals surface area contributed by atoms with Gasteiger partial charge < -0.3 is 14.3 Å². The SMILES string of the molecule is Cn1c(C(F)(F)F)cc(=O)n(-c2cc(Oc3cccnc3OC(=O)C3(C)CC(c4cc(-n5c(=O)cc(C(F)(F)F)n(C)c5=O)c(F)cc4Cl)=NO3)c(Cl)cc2F)c1=O. The van der Waals surface area contributed by atoms with Gasteiger partial charge in [-0.3, -0.25) is 18.7 Å². The molecule has 0 N–H and O–H groups in total. The minimum atomic E-state index is -5.10. The Labute approximate surface area is 326 Å². The quantitative estimate of drug-likeness (QED) is 0.148. The number of benzene rings is 2. The fourth-order valence-corrected chi connectivity index (χ4v) is 6.02. The van der Waals surface area contributed by atoms with Gasteiger partial charge in [0.25, 0.3) is 17.0 Å². The summed E-state index contributed by atoms with van der Waals surface area (Å²) in [6, 6.07) is 5.48. The number of hydrogen-bond acceptors (Lipinski definition) is 10. The fourth-order valence-electron chi connectivity index (χ4n) is 5.58. The van der Waals surface area contributed by atoms with Crippen LogP contribution in [0.5, 0.6) is 17.4 Å². The molecular weight excluding hydrogens is 843 g/mol. The van der Waals surface area contributed by atoms with Crippen molar-refractivity contribution in [3.05, 3.63) is 135 Å². The smallest absolute Gasteiger partial charge is 0.431 e. The van der Waals surface area contributed by atoms with Gasteiger partial charge in [-0.1, -0.05) is 28.4 Å². The van der Waals surface area contributed by atoms with Gasteiger partial charge in [0.05, 0.1) is 27.1 Å². The van der Waals surface area contributed by atoms with Crippen LogP contribution in [0.2, 0.25) is 10.0 Å². The molecule has 304 valence electrons. The van der Waals surface area contributed by atoms with Gasteiger partial charge in [0.2, 0.25) is 5.60 Å². The van der Waals surface area contributed by atoms with Crippen molar-refractivity contribution in [2.24, 2.45) is 19.3 Å². The van der Waals surface area contributed by atoms with E-state index in [0.717, 1.165) is 25.4 Å². The van der Waals surface area contributed by atoms with Crippen LogP contribution in [0.15, 0.2) is 79.1 Å². The number of esters is 1. The average Bonchev–Trinajstić information content (AvgIpc) is 3.53. The number of alkyl halides is 6. The number of ether oxygens (including phenoxy) is 2. The van der Waals surface area contributed by atoms with Crippen molar-refractivity contribution < 1.29 is 54.2 Å². The summed E-state index contributed by atoms with van der Waals surface area (Å²) in [5.41, 5.74) is -13.4. The number of oxime groups is 1. The highest BCUT2D eigenvalue weighted by Crippen LogP contribution is 2.38. The zero-order valence-electron chi connectivity index (χ0n) is 29.1. The summed E-state index contributed by atoms with van der Waals surface area (Å²) in [5.74, 6) is -5.24. The normalized spacial score (nSPS) is 15.6. The molecule has 0 spiro atoms. The highest BCUT2D eigenvalue weighted by atomic mass is 35.5. The second-order valence-electron chi connectivity index (χ2n) is 12.4. The Morgan fingerprint density at radius 1 is 0.793 bits per heavy atom. The summed E-state index contributed by atoms with van der Waals surface area (Å²) in [5, 5.41) is 2.96. The molecule has 58 heavy (non-hydrogen) atoms. The number of carbonyl (C=O) groups excluding carboxylic acids is 1. The first-order valence-electron chi connectivity index (χ1n) is 15.8. The van der Waals surface area contributed by atoms with Gasteiger partial charge in [-0.05, 0) is 37.3 Å². The number of halogens is 10. The van der Waals surface area contributed by atoms with Crippen LogP contribution < -0.4 is 32.0 Å². The van der Waals surface area contributed by atoms with Crippen molar-refractivity contribution in [3.8, 4) is 28.8 Å². The van der Waals surface area contributed by atoms with Crippen LogP contribution in [0.1, 0.15) is 30.3 Å². The molecule has 24 heteroatoms. The summed E-state index contributed by atoms with van der Waals surface area (Å²) in [6.07, 6.45) is -9.53. The van der Waals surface area contributed by atoms with E-state index in [2.05, 4.69) is 10.1 Å². The fraction of sp³-hybridized carbons (Fsp3) is 0.206. The van der Waals surface area contributed by atoms with Crippen molar-refractivity contribution in [1.29, 1.82) is 0 Å². The predicted molar refractivity (Wildman–Crippen MR) is 185 cm³/mol. The molecule has 0 saturated heterocycles. The van der Waals surface area contributed by atoms with E-state index in [1.54, 1.807) is 0 Å². The molecule has 0 saturated carbocycles. The Balaban J connectivity index is 1.27. The van der Waals surface area contributed by atoms with Gasteiger partial charge in [-0.2, -0.15) is 26.3 Å². The molecule has 1 unspecified atom stereocenters. The highest BCUT2D eigenvalue weighted by Gasteiger charge is 2.45. The van der Waals surface area contributed by atoms with Gasteiger partial charge >= 0.3 is 29.7 Å². The topological polar surface area (TPSA) is 158 Å². The lowest BCUT2D eigenvalue weighted by Gasteiger charge is -2.20. The lowest BCUT2D eigenvalue weighted by Crippen LogP contribution is -2.41. The van der Waals surface area contributed by atoms with Gasteiger partial charge in [-0.25, -0.2) is 37.3 Å². The molecule has 0 bridgehead atoms. The first kappa shape index (κ1) is 41.3. The van der Waals surface area contributed by atoms with Crippen LogP contribution in [0.4, 0.5) is 35.1 Å².